The summed E-state index contributed by atoms with van der Waals surface area (Å²) < 4.78 is 0. The highest BCUT2D eigenvalue weighted by Crippen LogP contribution is 2.23. The maximum absolute atomic E-state index is 9.07. The Morgan fingerprint density at radius 3 is 2.25 bits per heavy atom. The van der Waals surface area contributed by atoms with E-state index in [1.54, 1.807) is 11.0 Å². The van der Waals surface area contributed by atoms with Gasteiger partial charge in [-0.15, -0.1) is 0 Å². The lowest BCUT2D eigenvalue weighted by Gasteiger charge is -2.12. The number of benzene rings is 1. The molecule has 1 heterocycles. The van der Waals surface area contributed by atoms with Crippen molar-refractivity contribution in [1.29, 1.82) is 5.26 Å². The SMILES string of the molecule is CC(C)c1ccc(-c2cc(C#N)nc(N(C)C)n2)cc1. The highest BCUT2D eigenvalue weighted by molar-refractivity contribution is 5.62. The maximum Gasteiger partial charge on any atom is 0.226 e. The highest BCUT2D eigenvalue weighted by Gasteiger charge is 2.08. The van der Waals surface area contributed by atoms with Crippen molar-refractivity contribution in [2.24, 2.45) is 0 Å². The summed E-state index contributed by atoms with van der Waals surface area (Å²) in [6, 6.07) is 12.1. The minimum atomic E-state index is 0.381. The highest BCUT2D eigenvalue weighted by atomic mass is 15.2. The fourth-order valence-electron chi connectivity index (χ4n) is 1.88. The molecule has 0 atom stereocenters. The smallest absolute Gasteiger partial charge is 0.226 e. The number of aromatic nitrogens is 2. The summed E-state index contributed by atoms with van der Waals surface area (Å²) >= 11 is 0. The molecule has 0 aliphatic heterocycles. The van der Waals surface area contributed by atoms with Crippen LogP contribution in [0.5, 0.6) is 0 Å². The van der Waals surface area contributed by atoms with Gasteiger partial charge in [0.1, 0.15) is 11.8 Å². The molecule has 0 amide bonds. The molecule has 0 saturated carbocycles. The monoisotopic (exact) mass is 266 g/mol. The van der Waals surface area contributed by atoms with Gasteiger partial charge in [0.05, 0.1) is 5.69 Å². The molecule has 1 aromatic carbocycles. The zero-order valence-corrected chi connectivity index (χ0v) is 12.3. The normalized spacial score (nSPS) is 10.4. The van der Waals surface area contributed by atoms with E-state index in [1.165, 1.54) is 5.56 Å². The zero-order valence-electron chi connectivity index (χ0n) is 12.3. The van der Waals surface area contributed by atoms with Gasteiger partial charge in [0, 0.05) is 25.7 Å². The first-order valence-corrected chi connectivity index (χ1v) is 6.58. The van der Waals surface area contributed by atoms with Crippen LogP contribution in [0.25, 0.3) is 11.3 Å². The predicted octanol–water partition coefficient (Wildman–Crippen LogP) is 3.20. The van der Waals surface area contributed by atoms with Gasteiger partial charge in [-0.3, -0.25) is 0 Å². The average molecular weight is 266 g/mol. The van der Waals surface area contributed by atoms with E-state index in [0.29, 0.717) is 17.6 Å². The Labute approximate surface area is 119 Å². The molecule has 0 N–H and O–H groups in total. The van der Waals surface area contributed by atoms with E-state index in [9.17, 15) is 0 Å². The molecule has 0 spiro atoms. The summed E-state index contributed by atoms with van der Waals surface area (Å²) in [4.78, 5) is 10.5. The summed E-state index contributed by atoms with van der Waals surface area (Å²) in [5, 5.41) is 9.07. The average Bonchev–Trinajstić information content (AvgIpc) is 2.46. The summed E-state index contributed by atoms with van der Waals surface area (Å²) in [5.74, 6) is 1.05. The number of hydrogen-bond acceptors (Lipinski definition) is 4. The van der Waals surface area contributed by atoms with E-state index in [2.05, 4.69) is 42.0 Å². The minimum Gasteiger partial charge on any atom is -0.347 e. The summed E-state index contributed by atoms with van der Waals surface area (Å²) in [6.07, 6.45) is 0. The van der Waals surface area contributed by atoms with Crippen LogP contribution in [-0.4, -0.2) is 24.1 Å². The van der Waals surface area contributed by atoms with E-state index in [1.807, 2.05) is 26.2 Å². The van der Waals surface area contributed by atoms with Crippen molar-refractivity contribution in [2.75, 3.05) is 19.0 Å². The lowest BCUT2D eigenvalue weighted by atomic mass is 10.0. The first-order valence-electron chi connectivity index (χ1n) is 6.58. The fraction of sp³-hybridized carbons (Fsp3) is 0.312. The molecular weight excluding hydrogens is 248 g/mol. The number of nitrogens with zero attached hydrogens (tertiary/aromatic N) is 4. The number of rotatable bonds is 3. The van der Waals surface area contributed by atoms with Crippen LogP contribution in [0, 0.1) is 11.3 Å². The van der Waals surface area contributed by atoms with Crippen molar-refractivity contribution >= 4 is 5.95 Å². The lowest BCUT2D eigenvalue weighted by molar-refractivity contribution is 0.867. The minimum absolute atomic E-state index is 0.381. The molecule has 2 aromatic rings. The largest absolute Gasteiger partial charge is 0.347 e. The lowest BCUT2D eigenvalue weighted by Crippen LogP contribution is -2.13. The number of anilines is 1. The molecule has 0 fully saturated rings. The molecule has 0 aliphatic carbocycles. The molecule has 2 rings (SSSR count). The summed E-state index contributed by atoms with van der Waals surface area (Å²) in [7, 11) is 3.73. The molecule has 0 radical (unpaired) electrons. The third-order valence-corrected chi connectivity index (χ3v) is 3.10. The van der Waals surface area contributed by atoms with E-state index >= 15 is 0 Å². The van der Waals surface area contributed by atoms with Gasteiger partial charge < -0.3 is 4.90 Å². The Morgan fingerprint density at radius 1 is 1.10 bits per heavy atom. The molecule has 0 unspecified atom stereocenters. The standard InChI is InChI=1S/C16H18N4/c1-11(2)12-5-7-13(8-6-12)15-9-14(10-17)18-16(19-15)20(3)4/h5-9,11H,1-4H3. The maximum atomic E-state index is 9.07. The van der Waals surface area contributed by atoms with Gasteiger partial charge in [0.15, 0.2) is 0 Å². The van der Waals surface area contributed by atoms with Gasteiger partial charge in [-0.05, 0) is 11.5 Å². The first-order chi connectivity index (χ1) is 9.51. The van der Waals surface area contributed by atoms with E-state index < -0.39 is 0 Å². The second-order valence-corrected chi connectivity index (χ2v) is 5.22. The van der Waals surface area contributed by atoms with Gasteiger partial charge in [-0.2, -0.15) is 5.26 Å². The fourth-order valence-corrected chi connectivity index (χ4v) is 1.88. The first kappa shape index (κ1) is 14.0. The molecule has 20 heavy (non-hydrogen) atoms. The third-order valence-electron chi connectivity index (χ3n) is 3.10. The Balaban J connectivity index is 2.46. The van der Waals surface area contributed by atoms with Gasteiger partial charge in [0.2, 0.25) is 5.95 Å². The van der Waals surface area contributed by atoms with Crippen molar-refractivity contribution in [2.45, 2.75) is 19.8 Å². The molecule has 0 aliphatic rings. The van der Waals surface area contributed by atoms with Crippen LogP contribution in [0.1, 0.15) is 31.0 Å². The Kier molecular flexibility index (Phi) is 3.99. The molecule has 0 saturated heterocycles. The van der Waals surface area contributed by atoms with Crippen LogP contribution < -0.4 is 4.90 Å². The third kappa shape index (κ3) is 2.94. The Bertz CT molecular complexity index is 637. The van der Waals surface area contributed by atoms with Crippen molar-refractivity contribution in [3.8, 4) is 17.3 Å². The molecule has 0 bridgehead atoms. The summed E-state index contributed by atoms with van der Waals surface area (Å²) in [5.41, 5.74) is 3.44. The van der Waals surface area contributed by atoms with Crippen molar-refractivity contribution in [3.05, 3.63) is 41.6 Å². The molecule has 102 valence electrons. The Morgan fingerprint density at radius 2 is 1.75 bits per heavy atom. The second-order valence-electron chi connectivity index (χ2n) is 5.22. The van der Waals surface area contributed by atoms with Gasteiger partial charge >= 0.3 is 0 Å². The van der Waals surface area contributed by atoms with Crippen LogP contribution in [0.15, 0.2) is 30.3 Å². The van der Waals surface area contributed by atoms with Crippen molar-refractivity contribution < 1.29 is 0 Å². The zero-order chi connectivity index (χ0) is 14.7. The molecule has 4 heteroatoms. The van der Waals surface area contributed by atoms with E-state index in [-0.39, 0.29) is 0 Å². The molecular formula is C16H18N4. The van der Waals surface area contributed by atoms with E-state index in [0.717, 1.165) is 11.3 Å². The molecule has 1 aromatic heterocycles. The molecule has 4 nitrogen and oxygen atoms in total. The van der Waals surface area contributed by atoms with Crippen molar-refractivity contribution in [3.63, 3.8) is 0 Å². The van der Waals surface area contributed by atoms with Crippen LogP contribution in [0.2, 0.25) is 0 Å². The number of nitriles is 1. The summed E-state index contributed by atoms with van der Waals surface area (Å²) in [6.45, 7) is 4.33. The Hall–Kier alpha value is -2.41. The van der Waals surface area contributed by atoms with Gasteiger partial charge in [0.25, 0.3) is 0 Å². The number of hydrogen-bond donors (Lipinski definition) is 0. The quantitative estimate of drug-likeness (QED) is 0.856. The van der Waals surface area contributed by atoms with Crippen LogP contribution in [0.3, 0.4) is 0 Å². The van der Waals surface area contributed by atoms with Gasteiger partial charge in [-0.1, -0.05) is 38.1 Å². The van der Waals surface area contributed by atoms with Crippen LogP contribution >= 0.6 is 0 Å². The second kappa shape index (κ2) is 5.70. The predicted molar refractivity (Wildman–Crippen MR) is 80.6 cm³/mol. The van der Waals surface area contributed by atoms with E-state index in [4.69, 9.17) is 5.26 Å². The van der Waals surface area contributed by atoms with Gasteiger partial charge in [-0.25, -0.2) is 9.97 Å². The van der Waals surface area contributed by atoms with Crippen LogP contribution in [-0.2, 0) is 0 Å². The topological polar surface area (TPSA) is 52.8 Å². The van der Waals surface area contributed by atoms with Crippen LogP contribution in [0.4, 0.5) is 5.95 Å². The van der Waals surface area contributed by atoms with Crippen molar-refractivity contribution in [1.82, 2.24) is 9.97 Å².